The number of nitrogens with zero attached hydrogens (tertiary/aromatic N) is 1. The van der Waals surface area contributed by atoms with Gasteiger partial charge in [0.05, 0.1) is 6.61 Å². The SMILES string of the molecule is CCN(CCO)C(=O)c1ccc(C(=O)NC(C)C)cc1. The molecule has 0 aromatic heterocycles. The van der Waals surface area contributed by atoms with E-state index in [9.17, 15) is 9.59 Å². The van der Waals surface area contributed by atoms with E-state index in [1.54, 1.807) is 29.2 Å². The minimum absolute atomic E-state index is 0.0611. The molecule has 1 aromatic carbocycles. The van der Waals surface area contributed by atoms with Crippen LogP contribution in [0.5, 0.6) is 0 Å². The first kappa shape index (κ1) is 16.2. The molecule has 0 aliphatic carbocycles. The molecule has 0 aliphatic heterocycles. The van der Waals surface area contributed by atoms with Gasteiger partial charge in [-0.25, -0.2) is 0 Å². The van der Waals surface area contributed by atoms with Crippen LogP contribution in [0.2, 0.25) is 0 Å². The van der Waals surface area contributed by atoms with E-state index in [-0.39, 0.29) is 24.5 Å². The number of carbonyl (C=O) groups excluding carboxylic acids is 2. The average Bonchev–Trinajstić information content (AvgIpc) is 2.43. The van der Waals surface area contributed by atoms with Crippen molar-refractivity contribution in [3.05, 3.63) is 35.4 Å². The van der Waals surface area contributed by atoms with Gasteiger partial charge >= 0.3 is 0 Å². The second-order valence-corrected chi connectivity index (χ2v) is 4.81. The smallest absolute Gasteiger partial charge is 0.253 e. The molecular formula is C15H22N2O3. The Morgan fingerprint density at radius 1 is 1.20 bits per heavy atom. The third kappa shape index (κ3) is 4.35. The molecule has 1 aromatic rings. The molecular weight excluding hydrogens is 256 g/mol. The van der Waals surface area contributed by atoms with Crippen molar-refractivity contribution in [2.75, 3.05) is 19.7 Å². The Morgan fingerprint density at radius 2 is 1.75 bits per heavy atom. The molecule has 5 heteroatoms. The van der Waals surface area contributed by atoms with Gasteiger partial charge in [-0.3, -0.25) is 9.59 Å². The fourth-order valence-electron chi connectivity index (χ4n) is 1.82. The van der Waals surface area contributed by atoms with Crippen LogP contribution in [0.25, 0.3) is 0 Å². The van der Waals surface area contributed by atoms with E-state index in [1.165, 1.54) is 0 Å². The van der Waals surface area contributed by atoms with Crippen LogP contribution in [0.3, 0.4) is 0 Å². The van der Waals surface area contributed by atoms with Gasteiger partial charge in [0, 0.05) is 30.3 Å². The minimum Gasteiger partial charge on any atom is -0.395 e. The van der Waals surface area contributed by atoms with E-state index in [1.807, 2.05) is 20.8 Å². The second kappa shape index (κ2) is 7.65. The Kier molecular flexibility index (Phi) is 6.18. The van der Waals surface area contributed by atoms with Crippen LogP contribution in [0.15, 0.2) is 24.3 Å². The number of benzene rings is 1. The van der Waals surface area contributed by atoms with Crippen LogP contribution in [-0.4, -0.2) is 47.6 Å². The summed E-state index contributed by atoms with van der Waals surface area (Å²) in [5.41, 5.74) is 1.04. The molecule has 0 heterocycles. The van der Waals surface area contributed by atoms with Gasteiger partial charge < -0.3 is 15.3 Å². The maximum atomic E-state index is 12.1. The molecule has 0 atom stereocenters. The molecule has 2 amide bonds. The van der Waals surface area contributed by atoms with Crippen LogP contribution in [-0.2, 0) is 0 Å². The van der Waals surface area contributed by atoms with Crippen LogP contribution in [0.1, 0.15) is 41.5 Å². The highest BCUT2D eigenvalue weighted by molar-refractivity contribution is 5.97. The predicted molar refractivity (Wildman–Crippen MR) is 77.7 cm³/mol. The lowest BCUT2D eigenvalue weighted by Gasteiger charge is -2.19. The summed E-state index contributed by atoms with van der Waals surface area (Å²) in [6.07, 6.45) is 0. The maximum Gasteiger partial charge on any atom is 0.253 e. The number of amides is 2. The van der Waals surface area contributed by atoms with Crippen molar-refractivity contribution in [3.8, 4) is 0 Å². The summed E-state index contributed by atoms with van der Waals surface area (Å²) in [7, 11) is 0. The van der Waals surface area contributed by atoms with E-state index >= 15 is 0 Å². The zero-order chi connectivity index (χ0) is 15.1. The molecule has 0 bridgehead atoms. The first-order valence-corrected chi connectivity index (χ1v) is 6.80. The van der Waals surface area contributed by atoms with Crippen LogP contribution >= 0.6 is 0 Å². The largest absolute Gasteiger partial charge is 0.395 e. The molecule has 110 valence electrons. The number of hydrogen-bond acceptors (Lipinski definition) is 3. The zero-order valence-electron chi connectivity index (χ0n) is 12.2. The molecule has 0 radical (unpaired) electrons. The van der Waals surface area contributed by atoms with Gasteiger partial charge in [0.15, 0.2) is 0 Å². The Bertz CT molecular complexity index is 455. The Balaban J connectivity index is 2.80. The lowest BCUT2D eigenvalue weighted by Crippen LogP contribution is -2.33. The summed E-state index contributed by atoms with van der Waals surface area (Å²) in [5.74, 6) is -0.293. The van der Waals surface area contributed by atoms with Gasteiger partial charge in [-0.05, 0) is 45.0 Å². The van der Waals surface area contributed by atoms with E-state index in [0.29, 0.717) is 24.2 Å². The fourth-order valence-corrected chi connectivity index (χ4v) is 1.82. The van der Waals surface area contributed by atoms with E-state index in [2.05, 4.69) is 5.32 Å². The van der Waals surface area contributed by atoms with E-state index in [0.717, 1.165) is 0 Å². The highest BCUT2D eigenvalue weighted by Gasteiger charge is 2.14. The van der Waals surface area contributed by atoms with Gasteiger partial charge in [0.25, 0.3) is 11.8 Å². The van der Waals surface area contributed by atoms with Crippen molar-refractivity contribution in [1.29, 1.82) is 0 Å². The van der Waals surface area contributed by atoms with Gasteiger partial charge in [0.1, 0.15) is 0 Å². The monoisotopic (exact) mass is 278 g/mol. The number of likely N-dealkylation sites (N-methyl/N-ethyl adjacent to an activating group) is 1. The Morgan fingerprint density at radius 3 is 2.20 bits per heavy atom. The molecule has 0 unspecified atom stereocenters. The molecule has 2 N–H and O–H groups in total. The first-order valence-electron chi connectivity index (χ1n) is 6.80. The molecule has 0 saturated carbocycles. The molecule has 1 rings (SSSR count). The highest BCUT2D eigenvalue weighted by Crippen LogP contribution is 2.08. The predicted octanol–water partition coefficient (Wildman–Crippen LogP) is 1.28. The van der Waals surface area contributed by atoms with Crippen LogP contribution in [0.4, 0.5) is 0 Å². The normalized spacial score (nSPS) is 10.4. The number of nitrogens with one attached hydrogen (secondary N) is 1. The van der Waals surface area contributed by atoms with E-state index < -0.39 is 0 Å². The van der Waals surface area contributed by atoms with Crippen molar-refractivity contribution in [3.63, 3.8) is 0 Å². The van der Waals surface area contributed by atoms with Crippen molar-refractivity contribution in [1.82, 2.24) is 10.2 Å². The molecule has 0 fully saturated rings. The minimum atomic E-state index is -0.151. The van der Waals surface area contributed by atoms with Crippen LogP contribution < -0.4 is 5.32 Å². The molecule has 0 aliphatic rings. The fraction of sp³-hybridized carbons (Fsp3) is 0.467. The average molecular weight is 278 g/mol. The lowest BCUT2D eigenvalue weighted by atomic mass is 10.1. The summed E-state index contributed by atoms with van der Waals surface area (Å²) >= 11 is 0. The number of aliphatic hydroxyl groups excluding tert-OH is 1. The van der Waals surface area contributed by atoms with Crippen molar-refractivity contribution in [2.24, 2.45) is 0 Å². The third-order valence-electron chi connectivity index (χ3n) is 2.85. The zero-order valence-corrected chi connectivity index (χ0v) is 12.2. The standard InChI is InChI=1S/C15H22N2O3/c1-4-17(9-10-18)15(20)13-7-5-12(6-8-13)14(19)16-11(2)3/h5-8,11,18H,4,9-10H2,1-3H3,(H,16,19). The maximum absolute atomic E-state index is 12.1. The molecule has 0 spiro atoms. The lowest BCUT2D eigenvalue weighted by molar-refractivity contribution is 0.0731. The quantitative estimate of drug-likeness (QED) is 0.823. The summed E-state index contributed by atoms with van der Waals surface area (Å²) < 4.78 is 0. The molecule has 20 heavy (non-hydrogen) atoms. The first-order chi connectivity index (χ1) is 9.49. The summed E-state index contributed by atoms with van der Waals surface area (Å²) in [6, 6.07) is 6.62. The van der Waals surface area contributed by atoms with Crippen molar-refractivity contribution in [2.45, 2.75) is 26.8 Å². The van der Waals surface area contributed by atoms with Crippen molar-refractivity contribution >= 4 is 11.8 Å². The number of rotatable bonds is 6. The van der Waals surface area contributed by atoms with Crippen molar-refractivity contribution < 1.29 is 14.7 Å². The highest BCUT2D eigenvalue weighted by atomic mass is 16.3. The summed E-state index contributed by atoms with van der Waals surface area (Å²) in [4.78, 5) is 25.5. The number of hydrogen-bond donors (Lipinski definition) is 2. The number of aliphatic hydroxyl groups is 1. The van der Waals surface area contributed by atoms with E-state index in [4.69, 9.17) is 5.11 Å². The Labute approximate surface area is 119 Å². The summed E-state index contributed by atoms with van der Waals surface area (Å²) in [5, 5.41) is 11.7. The summed E-state index contributed by atoms with van der Waals surface area (Å²) in [6.45, 7) is 6.43. The number of carbonyl (C=O) groups is 2. The van der Waals surface area contributed by atoms with Crippen LogP contribution in [0, 0.1) is 0 Å². The van der Waals surface area contributed by atoms with Gasteiger partial charge in [-0.1, -0.05) is 0 Å². The second-order valence-electron chi connectivity index (χ2n) is 4.81. The van der Waals surface area contributed by atoms with Gasteiger partial charge in [-0.2, -0.15) is 0 Å². The molecule has 5 nitrogen and oxygen atoms in total. The Hall–Kier alpha value is -1.88. The third-order valence-corrected chi connectivity index (χ3v) is 2.85. The van der Waals surface area contributed by atoms with Gasteiger partial charge in [0.2, 0.25) is 0 Å². The van der Waals surface area contributed by atoms with Gasteiger partial charge in [-0.15, -0.1) is 0 Å². The topological polar surface area (TPSA) is 69.6 Å². The molecule has 0 saturated heterocycles.